The van der Waals surface area contributed by atoms with Gasteiger partial charge >= 0.3 is 0 Å². The molecule has 0 aromatic rings. The van der Waals surface area contributed by atoms with Crippen molar-refractivity contribution in [2.75, 3.05) is 45.8 Å². The number of hydrogen-bond donors (Lipinski definition) is 1. The summed E-state index contributed by atoms with van der Waals surface area (Å²) in [6, 6.07) is 0.873. The van der Waals surface area contributed by atoms with E-state index >= 15 is 0 Å². The summed E-state index contributed by atoms with van der Waals surface area (Å²) >= 11 is 0. The second-order valence-corrected chi connectivity index (χ2v) is 7.02. The van der Waals surface area contributed by atoms with Crippen LogP contribution in [-0.2, 0) is 0 Å². The maximum absolute atomic E-state index is 3.53. The third-order valence-corrected chi connectivity index (χ3v) is 5.88. The molecule has 0 aromatic heterocycles. The van der Waals surface area contributed by atoms with Crippen molar-refractivity contribution in [1.29, 1.82) is 0 Å². The molecule has 3 aliphatic heterocycles. The van der Waals surface area contributed by atoms with Gasteiger partial charge in [-0.3, -0.25) is 4.90 Å². The van der Waals surface area contributed by atoms with Gasteiger partial charge in [0, 0.05) is 19.1 Å². The van der Waals surface area contributed by atoms with Crippen molar-refractivity contribution in [2.45, 2.75) is 51.5 Å². The van der Waals surface area contributed by atoms with Crippen LogP contribution >= 0.6 is 0 Å². The molecule has 0 saturated carbocycles. The van der Waals surface area contributed by atoms with Gasteiger partial charge in [-0.2, -0.15) is 0 Å². The third kappa shape index (κ3) is 3.14. The second kappa shape index (κ2) is 6.11. The molecule has 3 fully saturated rings. The van der Waals surface area contributed by atoms with E-state index in [1.54, 1.807) is 0 Å². The fourth-order valence-corrected chi connectivity index (χ4v) is 4.42. The van der Waals surface area contributed by atoms with Crippen LogP contribution in [0.5, 0.6) is 0 Å². The molecule has 3 heteroatoms. The Morgan fingerprint density at radius 3 is 2.53 bits per heavy atom. The minimum atomic E-state index is 0.616. The van der Waals surface area contributed by atoms with Crippen LogP contribution in [0, 0.1) is 5.41 Å². The summed E-state index contributed by atoms with van der Waals surface area (Å²) in [6.07, 6.45) is 8.41. The highest BCUT2D eigenvalue weighted by Gasteiger charge is 2.36. The van der Waals surface area contributed by atoms with E-state index < -0.39 is 0 Å². The van der Waals surface area contributed by atoms with Crippen LogP contribution in [0.25, 0.3) is 0 Å². The largest absolute Gasteiger partial charge is 0.317 e. The number of hydrogen-bond acceptors (Lipinski definition) is 3. The summed E-state index contributed by atoms with van der Waals surface area (Å²) in [5.41, 5.74) is 0.616. The summed E-state index contributed by atoms with van der Waals surface area (Å²) < 4.78 is 0. The Hall–Kier alpha value is -0.120. The lowest BCUT2D eigenvalue weighted by atomic mass is 9.76. The highest BCUT2D eigenvalue weighted by atomic mass is 15.3. The van der Waals surface area contributed by atoms with E-state index in [4.69, 9.17) is 0 Å². The average molecular weight is 265 g/mol. The summed E-state index contributed by atoms with van der Waals surface area (Å²) in [7, 11) is 0. The monoisotopic (exact) mass is 265 g/mol. The number of likely N-dealkylation sites (tertiary alicyclic amines) is 2. The average Bonchev–Trinajstić information content (AvgIpc) is 3.10. The quantitative estimate of drug-likeness (QED) is 0.838. The van der Waals surface area contributed by atoms with Crippen molar-refractivity contribution in [3.63, 3.8) is 0 Å². The maximum atomic E-state index is 3.53. The van der Waals surface area contributed by atoms with E-state index in [0.717, 1.165) is 6.04 Å². The fraction of sp³-hybridized carbons (Fsp3) is 1.00. The van der Waals surface area contributed by atoms with E-state index in [-0.39, 0.29) is 0 Å². The van der Waals surface area contributed by atoms with Crippen molar-refractivity contribution >= 4 is 0 Å². The molecule has 19 heavy (non-hydrogen) atoms. The SMILES string of the molecule is CCC1(CN2CCC(N3CCCC3)C2)CCNCC1. The van der Waals surface area contributed by atoms with Gasteiger partial charge < -0.3 is 10.2 Å². The van der Waals surface area contributed by atoms with Crippen LogP contribution in [0.4, 0.5) is 0 Å². The van der Waals surface area contributed by atoms with Crippen molar-refractivity contribution in [3.05, 3.63) is 0 Å². The highest BCUT2D eigenvalue weighted by molar-refractivity contribution is 4.91. The lowest BCUT2D eigenvalue weighted by molar-refractivity contribution is 0.115. The summed E-state index contributed by atoms with van der Waals surface area (Å²) in [5.74, 6) is 0. The van der Waals surface area contributed by atoms with Gasteiger partial charge in [-0.05, 0) is 76.7 Å². The van der Waals surface area contributed by atoms with Gasteiger partial charge in [0.15, 0.2) is 0 Å². The Balaban J connectivity index is 1.52. The molecular formula is C16H31N3. The standard InChI is InChI=1S/C16H31N3/c1-2-16(6-8-17-9-7-16)14-18-12-5-15(13-18)19-10-3-4-11-19/h15,17H,2-14H2,1H3. The molecule has 1 N–H and O–H groups in total. The normalized spacial score (nSPS) is 33.0. The zero-order chi connectivity index (χ0) is 13.1. The first-order valence-electron chi connectivity index (χ1n) is 8.48. The number of rotatable bonds is 4. The number of nitrogens with zero attached hydrogens (tertiary/aromatic N) is 2. The van der Waals surface area contributed by atoms with Crippen LogP contribution < -0.4 is 5.32 Å². The van der Waals surface area contributed by atoms with E-state index in [1.165, 1.54) is 84.3 Å². The minimum Gasteiger partial charge on any atom is -0.317 e. The molecule has 1 unspecified atom stereocenters. The molecule has 3 saturated heterocycles. The second-order valence-electron chi connectivity index (χ2n) is 7.02. The minimum absolute atomic E-state index is 0.616. The molecule has 3 heterocycles. The molecule has 0 radical (unpaired) electrons. The third-order valence-electron chi connectivity index (χ3n) is 5.88. The molecule has 3 nitrogen and oxygen atoms in total. The van der Waals surface area contributed by atoms with Crippen molar-refractivity contribution in [1.82, 2.24) is 15.1 Å². The van der Waals surface area contributed by atoms with Crippen LogP contribution in [0.15, 0.2) is 0 Å². The smallest absolute Gasteiger partial charge is 0.0235 e. The molecule has 0 amide bonds. The molecule has 1 atom stereocenters. The molecule has 0 aliphatic carbocycles. The van der Waals surface area contributed by atoms with Gasteiger partial charge in [-0.15, -0.1) is 0 Å². The maximum Gasteiger partial charge on any atom is 0.0235 e. The van der Waals surface area contributed by atoms with Crippen LogP contribution in [-0.4, -0.2) is 61.7 Å². The van der Waals surface area contributed by atoms with Gasteiger partial charge in [-0.25, -0.2) is 0 Å². The number of nitrogens with one attached hydrogen (secondary N) is 1. The van der Waals surface area contributed by atoms with Crippen molar-refractivity contribution in [3.8, 4) is 0 Å². The Morgan fingerprint density at radius 2 is 1.84 bits per heavy atom. The Labute approximate surface area is 118 Å². The van der Waals surface area contributed by atoms with Gasteiger partial charge in [0.25, 0.3) is 0 Å². The van der Waals surface area contributed by atoms with E-state index in [9.17, 15) is 0 Å². The zero-order valence-electron chi connectivity index (χ0n) is 12.7. The van der Waals surface area contributed by atoms with Crippen LogP contribution in [0.2, 0.25) is 0 Å². The first-order valence-corrected chi connectivity index (χ1v) is 8.48. The lowest BCUT2D eigenvalue weighted by Crippen LogP contribution is -2.44. The zero-order valence-corrected chi connectivity index (χ0v) is 12.7. The van der Waals surface area contributed by atoms with Gasteiger partial charge in [0.1, 0.15) is 0 Å². The fourth-order valence-electron chi connectivity index (χ4n) is 4.42. The van der Waals surface area contributed by atoms with Crippen molar-refractivity contribution in [2.24, 2.45) is 5.41 Å². The van der Waals surface area contributed by atoms with E-state index in [1.807, 2.05) is 0 Å². The molecule has 0 aromatic carbocycles. The Bertz CT molecular complexity index is 280. The Kier molecular flexibility index (Phi) is 4.45. The lowest BCUT2D eigenvalue weighted by Gasteiger charge is -2.40. The predicted octanol–water partition coefficient (Wildman–Crippen LogP) is 1.94. The van der Waals surface area contributed by atoms with E-state index in [2.05, 4.69) is 22.0 Å². The molecular weight excluding hydrogens is 234 g/mol. The number of piperidine rings is 1. The molecule has 110 valence electrons. The molecule has 3 rings (SSSR count). The van der Waals surface area contributed by atoms with E-state index in [0.29, 0.717) is 5.41 Å². The van der Waals surface area contributed by atoms with Gasteiger partial charge in [0.05, 0.1) is 0 Å². The first kappa shape index (κ1) is 13.8. The molecule has 3 aliphatic rings. The summed E-state index contributed by atoms with van der Waals surface area (Å²) in [5, 5.41) is 3.53. The summed E-state index contributed by atoms with van der Waals surface area (Å²) in [6.45, 7) is 11.6. The highest BCUT2D eigenvalue weighted by Crippen LogP contribution is 2.35. The first-order chi connectivity index (χ1) is 9.31. The summed E-state index contributed by atoms with van der Waals surface area (Å²) in [4.78, 5) is 5.53. The van der Waals surface area contributed by atoms with Crippen molar-refractivity contribution < 1.29 is 0 Å². The van der Waals surface area contributed by atoms with Gasteiger partial charge in [-0.1, -0.05) is 6.92 Å². The predicted molar refractivity (Wildman–Crippen MR) is 80.5 cm³/mol. The molecule has 0 bridgehead atoms. The van der Waals surface area contributed by atoms with Gasteiger partial charge in [0.2, 0.25) is 0 Å². The van der Waals surface area contributed by atoms with Crippen LogP contribution in [0.1, 0.15) is 45.4 Å². The van der Waals surface area contributed by atoms with Crippen LogP contribution in [0.3, 0.4) is 0 Å². The Morgan fingerprint density at radius 1 is 1.11 bits per heavy atom. The topological polar surface area (TPSA) is 18.5 Å². The molecule has 0 spiro atoms.